The van der Waals surface area contributed by atoms with E-state index in [1.807, 2.05) is 6.92 Å². The summed E-state index contributed by atoms with van der Waals surface area (Å²) in [6, 6.07) is 5.27. The Balaban J connectivity index is 2.21. The van der Waals surface area contributed by atoms with Gasteiger partial charge in [-0.15, -0.1) is 10.2 Å². The third-order valence-electron chi connectivity index (χ3n) is 3.07. The normalized spacial score (nSPS) is 12.6. The van der Waals surface area contributed by atoms with E-state index >= 15 is 0 Å². The zero-order chi connectivity index (χ0) is 18.6. The second-order valence-electron chi connectivity index (χ2n) is 5.01. The second kappa shape index (κ2) is 8.35. The van der Waals surface area contributed by atoms with Gasteiger partial charge in [0.1, 0.15) is 6.04 Å². The quantitative estimate of drug-likeness (QED) is 0.546. The second-order valence-corrected chi connectivity index (χ2v) is 9.79. The first-order valence-electron chi connectivity index (χ1n) is 7.24. The molecule has 1 aromatic heterocycles. The minimum absolute atomic E-state index is 0.331. The Bertz CT molecular complexity index is 839. The molecule has 0 unspecified atom stereocenters. The summed E-state index contributed by atoms with van der Waals surface area (Å²) in [6.07, 6.45) is 1.05. The number of rotatable bonds is 7. The average molecular weight is 421 g/mol. The smallest absolute Gasteiger partial charge is 0.249 e. The molecule has 1 N–H and O–H groups in total. The third-order valence-corrected chi connectivity index (χ3v) is 6.42. The van der Waals surface area contributed by atoms with Gasteiger partial charge in [-0.1, -0.05) is 41.6 Å². The summed E-state index contributed by atoms with van der Waals surface area (Å²) in [7, 11) is -3.68. The molecule has 136 valence electrons. The first-order valence-corrected chi connectivity index (χ1v) is 11.3. The Hall–Kier alpha value is -1.36. The van der Waals surface area contributed by atoms with Crippen LogP contribution in [0.2, 0.25) is 5.02 Å². The summed E-state index contributed by atoms with van der Waals surface area (Å²) < 4.78 is 26.2. The number of halogens is 1. The van der Waals surface area contributed by atoms with Crippen molar-refractivity contribution in [2.75, 3.05) is 21.6 Å². The van der Waals surface area contributed by atoms with Gasteiger partial charge in [0, 0.05) is 5.02 Å². The Labute approximate surface area is 159 Å². The number of aromatic nitrogens is 2. The minimum atomic E-state index is -3.68. The van der Waals surface area contributed by atoms with Crippen molar-refractivity contribution >= 4 is 61.4 Å². The fraction of sp³-hybridized carbons (Fsp3) is 0.357. The van der Waals surface area contributed by atoms with E-state index in [4.69, 9.17) is 11.6 Å². The predicted molar refractivity (Wildman–Crippen MR) is 103 cm³/mol. The van der Waals surface area contributed by atoms with Crippen LogP contribution < -0.4 is 9.62 Å². The molecule has 1 atom stereocenters. The summed E-state index contributed by atoms with van der Waals surface area (Å²) in [5.74, 6) is 0.349. The van der Waals surface area contributed by atoms with Crippen molar-refractivity contribution in [2.24, 2.45) is 0 Å². The molecule has 2 rings (SSSR count). The van der Waals surface area contributed by atoms with Crippen LogP contribution in [-0.4, -0.2) is 42.6 Å². The fourth-order valence-corrected chi connectivity index (χ4v) is 5.00. The molecule has 0 spiro atoms. The lowest BCUT2D eigenvalue weighted by atomic mass is 10.2. The molecule has 7 nitrogen and oxygen atoms in total. The summed E-state index contributed by atoms with van der Waals surface area (Å²) >= 11 is 8.60. The standard InChI is InChI=1S/C14H17ClN4O3S3/c1-4-23-14-18-17-13(24-14)16-12(20)9(2)19(25(3,21)22)11-7-5-10(15)6-8-11/h5-9H,4H2,1-3H3,(H,16,17,20)/t9-/m1/s1. The molecule has 0 saturated carbocycles. The number of benzene rings is 1. The molecular weight excluding hydrogens is 404 g/mol. The fourth-order valence-electron chi connectivity index (χ4n) is 2.05. The van der Waals surface area contributed by atoms with Crippen molar-refractivity contribution in [1.82, 2.24) is 10.2 Å². The van der Waals surface area contributed by atoms with Crippen molar-refractivity contribution in [2.45, 2.75) is 24.2 Å². The molecule has 0 saturated heterocycles. The lowest BCUT2D eigenvalue weighted by Gasteiger charge is -2.27. The monoisotopic (exact) mass is 420 g/mol. The number of hydrogen-bond donors (Lipinski definition) is 1. The Kier molecular flexibility index (Phi) is 6.66. The molecule has 25 heavy (non-hydrogen) atoms. The van der Waals surface area contributed by atoms with Gasteiger partial charge in [-0.2, -0.15) is 0 Å². The van der Waals surface area contributed by atoms with Crippen LogP contribution in [0.25, 0.3) is 0 Å². The van der Waals surface area contributed by atoms with Gasteiger partial charge in [0.15, 0.2) is 4.34 Å². The van der Waals surface area contributed by atoms with Crippen molar-refractivity contribution in [3.05, 3.63) is 29.3 Å². The van der Waals surface area contributed by atoms with Crippen LogP contribution in [0.4, 0.5) is 10.8 Å². The minimum Gasteiger partial charge on any atom is -0.299 e. The molecule has 11 heteroatoms. The molecular formula is C14H17ClN4O3S3. The number of carbonyl (C=O) groups is 1. The molecule has 0 radical (unpaired) electrons. The van der Waals surface area contributed by atoms with E-state index in [9.17, 15) is 13.2 Å². The molecule has 0 fully saturated rings. The summed E-state index contributed by atoms with van der Waals surface area (Å²) in [5.41, 5.74) is 0.356. The Morgan fingerprint density at radius 1 is 1.36 bits per heavy atom. The van der Waals surface area contributed by atoms with Crippen LogP contribution in [0.5, 0.6) is 0 Å². The van der Waals surface area contributed by atoms with Gasteiger partial charge < -0.3 is 0 Å². The van der Waals surface area contributed by atoms with Crippen LogP contribution in [0.3, 0.4) is 0 Å². The van der Waals surface area contributed by atoms with E-state index in [0.717, 1.165) is 20.7 Å². The van der Waals surface area contributed by atoms with Gasteiger partial charge in [0.25, 0.3) is 0 Å². The topological polar surface area (TPSA) is 92.3 Å². The number of hydrogen-bond acceptors (Lipinski definition) is 7. The maximum Gasteiger partial charge on any atom is 0.249 e. The number of carbonyl (C=O) groups excluding carboxylic acids is 1. The molecule has 2 aromatic rings. The SMILES string of the molecule is CCSc1nnc(NC(=O)[C@@H](C)N(c2ccc(Cl)cc2)S(C)(=O)=O)s1. The number of thioether (sulfide) groups is 1. The number of anilines is 2. The van der Waals surface area contributed by atoms with Gasteiger partial charge in [-0.05, 0) is 36.9 Å². The number of nitrogens with one attached hydrogen (secondary N) is 1. The largest absolute Gasteiger partial charge is 0.299 e. The van der Waals surface area contributed by atoms with Crippen molar-refractivity contribution in [1.29, 1.82) is 0 Å². The predicted octanol–water partition coefficient (Wildman–Crippen LogP) is 3.10. The first-order chi connectivity index (χ1) is 11.7. The van der Waals surface area contributed by atoms with E-state index in [-0.39, 0.29) is 0 Å². The maximum atomic E-state index is 12.5. The zero-order valence-corrected chi connectivity index (χ0v) is 17.0. The number of amides is 1. The van der Waals surface area contributed by atoms with E-state index in [0.29, 0.717) is 15.8 Å². The lowest BCUT2D eigenvalue weighted by molar-refractivity contribution is -0.116. The third kappa shape index (κ3) is 5.30. The zero-order valence-electron chi connectivity index (χ0n) is 13.8. The lowest BCUT2D eigenvalue weighted by Crippen LogP contribution is -2.45. The van der Waals surface area contributed by atoms with Crippen LogP contribution in [-0.2, 0) is 14.8 Å². The highest BCUT2D eigenvalue weighted by atomic mass is 35.5. The van der Waals surface area contributed by atoms with Gasteiger partial charge in [0.05, 0.1) is 11.9 Å². The molecule has 1 amide bonds. The van der Waals surface area contributed by atoms with Gasteiger partial charge in [-0.3, -0.25) is 14.4 Å². The Morgan fingerprint density at radius 2 is 2.00 bits per heavy atom. The van der Waals surface area contributed by atoms with Gasteiger partial charge in [-0.25, -0.2) is 8.42 Å². The number of sulfonamides is 1. The summed E-state index contributed by atoms with van der Waals surface area (Å²) in [6.45, 7) is 3.50. The first kappa shape index (κ1) is 20.0. The highest BCUT2D eigenvalue weighted by Crippen LogP contribution is 2.26. The summed E-state index contributed by atoms with van der Waals surface area (Å²) in [5, 5.41) is 11.3. The van der Waals surface area contributed by atoms with Crippen LogP contribution in [0, 0.1) is 0 Å². The average Bonchev–Trinajstić information content (AvgIpc) is 2.95. The van der Waals surface area contributed by atoms with E-state index < -0.39 is 22.0 Å². The maximum absolute atomic E-state index is 12.5. The van der Waals surface area contributed by atoms with Crippen LogP contribution in [0.1, 0.15) is 13.8 Å². The molecule has 0 aliphatic rings. The van der Waals surface area contributed by atoms with E-state index in [2.05, 4.69) is 15.5 Å². The highest BCUT2D eigenvalue weighted by Gasteiger charge is 2.29. The summed E-state index contributed by atoms with van der Waals surface area (Å²) in [4.78, 5) is 12.5. The van der Waals surface area contributed by atoms with Crippen molar-refractivity contribution < 1.29 is 13.2 Å². The Morgan fingerprint density at radius 3 is 2.56 bits per heavy atom. The van der Waals surface area contributed by atoms with Gasteiger partial charge >= 0.3 is 0 Å². The molecule has 0 aliphatic carbocycles. The van der Waals surface area contributed by atoms with Gasteiger partial charge in [0.2, 0.25) is 21.1 Å². The molecule has 1 aromatic carbocycles. The molecule has 1 heterocycles. The van der Waals surface area contributed by atoms with Crippen molar-refractivity contribution in [3.8, 4) is 0 Å². The highest BCUT2D eigenvalue weighted by molar-refractivity contribution is 8.01. The van der Waals surface area contributed by atoms with Crippen LogP contribution in [0.15, 0.2) is 28.6 Å². The van der Waals surface area contributed by atoms with E-state index in [1.165, 1.54) is 30.0 Å². The van der Waals surface area contributed by atoms with Crippen LogP contribution >= 0.6 is 34.7 Å². The van der Waals surface area contributed by atoms with Crippen molar-refractivity contribution in [3.63, 3.8) is 0 Å². The number of nitrogens with zero attached hydrogens (tertiary/aromatic N) is 3. The van der Waals surface area contributed by atoms with E-state index in [1.54, 1.807) is 24.3 Å². The molecule has 0 aliphatic heterocycles. The molecule has 0 bridgehead atoms.